The monoisotopic (exact) mass is 346 g/mol. The molecular formula is C18H22N2O3S. The summed E-state index contributed by atoms with van der Waals surface area (Å²) in [7, 11) is 4.72. The molecule has 128 valence electrons. The van der Waals surface area contributed by atoms with E-state index in [4.69, 9.17) is 26.4 Å². The van der Waals surface area contributed by atoms with E-state index >= 15 is 0 Å². The molecule has 2 aromatic rings. The van der Waals surface area contributed by atoms with E-state index in [2.05, 4.69) is 29.7 Å². The highest BCUT2D eigenvalue weighted by atomic mass is 32.1. The summed E-state index contributed by atoms with van der Waals surface area (Å²) in [5.41, 5.74) is 2.93. The van der Waals surface area contributed by atoms with Crippen molar-refractivity contribution >= 4 is 28.7 Å². The number of hydrogen-bond donors (Lipinski definition) is 2. The van der Waals surface area contributed by atoms with Gasteiger partial charge in [-0.25, -0.2) is 0 Å². The molecule has 0 saturated heterocycles. The SMILES string of the molecule is CCc1cccc(NC(=S)Nc2cc(OC)c(OC)c(OC)c2)c1. The van der Waals surface area contributed by atoms with Crippen molar-refractivity contribution in [3.63, 3.8) is 0 Å². The van der Waals surface area contributed by atoms with Crippen molar-refractivity contribution in [2.24, 2.45) is 0 Å². The zero-order valence-electron chi connectivity index (χ0n) is 14.3. The molecule has 24 heavy (non-hydrogen) atoms. The van der Waals surface area contributed by atoms with Gasteiger partial charge in [0, 0.05) is 23.5 Å². The normalized spacial score (nSPS) is 10.0. The molecule has 0 spiro atoms. The summed E-state index contributed by atoms with van der Waals surface area (Å²) < 4.78 is 16.0. The maximum absolute atomic E-state index is 5.38. The Morgan fingerprint density at radius 1 is 0.917 bits per heavy atom. The molecule has 0 aliphatic rings. The number of anilines is 2. The first-order valence-electron chi connectivity index (χ1n) is 7.58. The number of thiocarbonyl (C=S) groups is 1. The fourth-order valence-corrected chi connectivity index (χ4v) is 2.55. The third-order valence-electron chi connectivity index (χ3n) is 3.52. The molecular weight excluding hydrogens is 324 g/mol. The molecule has 5 nitrogen and oxygen atoms in total. The first-order valence-corrected chi connectivity index (χ1v) is 7.99. The first-order chi connectivity index (χ1) is 11.6. The van der Waals surface area contributed by atoms with Gasteiger partial charge in [0.2, 0.25) is 5.75 Å². The number of methoxy groups -OCH3 is 3. The second-order valence-corrected chi connectivity index (χ2v) is 5.46. The second kappa shape index (κ2) is 8.40. The van der Waals surface area contributed by atoms with Gasteiger partial charge in [0.25, 0.3) is 0 Å². The van der Waals surface area contributed by atoms with Gasteiger partial charge >= 0.3 is 0 Å². The van der Waals surface area contributed by atoms with Crippen LogP contribution in [0.25, 0.3) is 0 Å². The van der Waals surface area contributed by atoms with Crippen molar-refractivity contribution in [1.82, 2.24) is 0 Å². The van der Waals surface area contributed by atoms with E-state index < -0.39 is 0 Å². The van der Waals surface area contributed by atoms with Crippen molar-refractivity contribution < 1.29 is 14.2 Å². The highest BCUT2D eigenvalue weighted by molar-refractivity contribution is 7.80. The zero-order chi connectivity index (χ0) is 17.5. The fourth-order valence-electron chi connectivity index (χ4n) is 2.32. The maximum Gasteiger partial charge on any atom is 0.203 e. The summed E-state index contributed by atoms with van der Waals surface area (Å²) in [5, 5.41) is 6.79. The van der Waals surface area contributed by atoms with E-state index in [9.17, 15) is 0 Å². The lowest BCUT2D eigenvalue weighted by molar-refractivity contribution is 0.324. The van der Waals surface area contributed by atoms with Crippen LogP contribution in [0.4, 0.5) is 11.4 Å². The summed E-state index contributed by atoms with van der Waals surface area (Å²) in [6.07, 6.45) is 0.975. The number of benzene rings is 2. The minimum atomic E-state index is 0.484. The largest absolute Gasteiger partial charge is 0.493 e. The minimum absolute atomic E-state index is 0.484. The molecule has 0 radical (unpaired) electrons. The summed E-state index contributed by atoms with van der Waals surface area (Å²) in [5.74, 6) is 1.67. The minimum Gasteiger partial charge on any atom is -0.493 e. The van der Waals surface area contributed by atoms with E-state index in [1.807, 2.05) is 12.1 Å². The maximum atomic E-state index is 5.38. The Morgan fingerprint density at radius 3 is 2.08 bits per heavy atom. The molecule has 2 rings (SSSR count). The van der Waals surface area contributed by atoms with Crippen LogP contribution >= 0.6 is 12.2 Å². The van der Waals surface area contributed by atoms with Gasteiger partial charge < -0.3 is 24.8 Å². The molecule has 0 fully saturated rings. The first kappa shape index (κ1) is 17.9. The Kier molecular flexibility index (Phi) is 6.26. The van der Waals surface area contributed by atoms with E-state index in [1.165, 1.54) is 5.56 Å². The van der Waals surface area contributed by atoms with E-state index in [1.54, 1.807) is 33.5 Å². The fraction of sp³-hybridized carbons (Fsp3) is 0.278. The van der Waals surface area contributed by atoms with Crippen molar-refractivity contribution in [3.8, 4) is 17.2 Å². The highest BCUT2D eigenvalue weighted by Crippen LogP contribution is 2.39. The Balaban J connectivity index is 2.16. The molecule has 2 aromatic carbocycles. The summed E-state index contributed by atoms with van der Waals surface area (Å²) >= 11 is 5.38. The van der Waals surface area contributed by atoms with Gasteiger partial charge in [-0.05, 0) is 36.3 Å². The third kappa shape index (κ3) is 4.29. The third-order valence-corrected chi connectivity index (χ3v) is 3.72. The molecule has 0 atom stereocenters. The van der Waals surface area contributed by atoms with Gasteiger partial charge in [0.1, 0.15) is 0 Å². The molecule has 0 aliphatic heterocycles. The Morgan fingerprint density at radius 2 is 1.54 bits per heavy atom. The van der Waals surface area contributed by atoms with Crippen LogP contribution in [0.15, 0.2) is 36.4 Å². The molecule has 0 saturated carbocycles. The lowest BCUT2D eigenvalue weighted by Gasteiger charge is -2.16. The van der Waals surface area contributed by atoms with Crippen molar-refractivity contribution in [1.29, 1.82) is 0 Å². The standard InChI is InChI=1S/C18H22N2O3S/c1-5-12-7-6-8-13(9-12)19-18(24)20-14-10-15(21-2)17(23-4)16(11-14)22-3/h6-11H,5H2,1-4H3,(H2,19,20,24). The van der Waals surface area contributed by atoms with Crippen molar-refractivity contribution in [3.05, 3.63) is 42.0 Å². The lowest BCUT2D eigenvalue weighted by Crippen LogP contribution is -2.19. The number of rotatable bonds is 6. The zero-order valence-corrected chi connectivity index (χ0v) is 15.1. The molecule has 0 amide bonds. The summed E-state index contributed by atoms with van der Waals surface area (Å²) in [4.78, 5) is 0. The molecule has 0 aromatic heterocycles. The topological polar surface area (TPSA) is 51.8 Å². The van der Waals surface area contributed by atoms with E-state index in [0.717, 1.165) is 17.8 Å². The number of ether oxygens (including phenoxy) is 3. The Bertz CT molecular complexity index is 694. The van der Waals surface area contributed by atoms with Crippen molar-refractivity contribution in [2.45, 2.75) is 13.3 Å². The second-order valence-electron chi connectivity index (χ2n) is 5.05. The van der Waals surface area contributed by atoms with Crippen LogP contribution in [-0.4, -0.2) is 26.4 Å². The number of nitrogens with one attached hydrogen (secondary N) is 2. The number of aryl methyl sites for hydroxylation is 1. The quantitative estimate of drug-likeness (QED) is 0.769. The van der Waals surface area contributed by atoms with Crippen LogP contribution in [0, 0.1) is 0 Å². The Labute approximate surface area is 147 Å². The van der Waals surface area contributed by atoms with Crippen LogP contribution in [0.5, 0.6) is 17.2 Å². The van der Waals surface area contributed by atoms with Crippen LogP contribution in [0.2, 0.25) is 0 Å². The van der Waals surface area contributed by atoms with Gasteiger partial charge in [0.05, 0.1) is 21.3 Å². The van der Waals surface area contributed by atoms with Crippen LogP contribution in [0.3, 0.4) is 0 Å². The van der Waals surface area contributed by atoms with Crippen molar-refractivity contribution in [2.75, 3.05) is 32.0 Å². The summed E-state index contributed by atoms with van der Waals surface area (Å²) in [6, 6.07) is 11.7. The predicted octanol–water partition coefficient (Wildman–Crippen LogP) is 4.08. The predicted molar refractivity (Wildman–Crippen MR) is 102 cm³/mol. The summed E-state index contributed by atoms with van der Waals surface area (Å²) in [6.45, 7) is 2.12. The molecule has 6 heteroatoms. The molecule has 0 heterocycles. The van der Waals surface area contributed by atoms with Gasteiger partial charge in [-0.15, -0.1) is 0 Å². The molecule has 2 N–H and O–H groups in total. The molecule has 0 aliphatic carbocycles. The average Bonchev–Trinajstić information content (AvgIpc) is 2.60. The van der Waals surface area contributed by atoms with Crippen LogP contribution in [0.1, 0.15) is 12.5 Å². The van der Waals surface area contributed by atoms with Gasteiger partial charge in [-0.1, -0.05) is 19.1 Å². The molecule has 0 bridgehead atoms. The van der Waals surface area contributed by atoms with Crippen LogP contribution < -0.4 is 24.8 Å². The number of hydrogen-bond acceptors (Lipinski definition) is 4. The van der Waals surface area contributed by atoms with E-state index in [-0.39, 0.29) is 0 Å². The van der Waals surface area contributed by atoms with Crippen LogP contribution in [-0.2, 0) is 6.42 Å². The Hall–Kier alpha value is -2.47. The average molecular weight is 346 g/mol. The van der Waals surface area contributed by atoms with Gasteiger partial charge in [-0.2, -0.15) is 0 Å². The van der Waals surface area contributed by atoms with E-state index in [0.29, 0.717) is 22.4 Å². The van der Waals surface area contributed by atoms with Gasteiger partial charge in [-0.3, -0.25) is 0 Å². The molecule has 0 unspecified atom stereocenters. The highest BCUT2D eigenvalue weighted by Gasteiger charge is 2.13. The smallest absolute Gasteiger partial charge is 0.203 e. The van der Waals surface area contributed by atoms with Gasteiger partial charge in [0.15, 0.2) is 16.6 Å². The lowest BCUT2D eigenvalue weighted by atomic mass is 10.1.